The van der Waals surface area contributed by atoms with E-state index in [-0.39, 0.29) is 0 Å². The van der Waals surface area contributed by atoms with Crippen LogP contribution in [0.25, 0.3) is 10.6 Å². The van der Waals surface area contributed by atoms with Crippen molar-refractivity contribution in [1.29, 1.82) is 0 Å². The fourth-order valence-electron chi connectivity index (χ4n) is 3.13. The third-order valence-electron chi connectivity index (χ3n) is 4.45. The molecule has 4 heteroatoms. The maximum Gasteiger partial charge on any atom is 0.123 e. The molecule has 3 nitrogen and oxygen atoms in total. The largest absolute Gasteiger partial charge is 0.330 e. The number of aromatic nitrogens is 1. The van der Waals surface area contributed by atoms with Crippen molar-refractivity contribution in [2.75, 3.05) is 13.1 Å². The molecule has 2 aromatic rings. The van der Waals surface area contributed by atoms with Crippen LogP contribution < -0.4 is 5.73 Å². The van der Waals surface area contributed by atoms with E-state index in [2.05, 4.69) is 41.5 Å². The first-order chi connectivity index (χ1) is 10.8. The molecular weight excluding hydrogens is 290 g/mol. The first-order valence-corrected chi connectivity index (χ1v) is 9.12. The number of likely N-dealkylation sites (tertiary alicyclic amines) is 1. The number of hydrogen-bond acceptors (Lipinski definition) is 4. The van der Waals surface area contributed by atoms with Gasteiger partial charge < -0.3 is 5.73 Å². The van der Waals surface area contributed by atoms with E-state index in [0.29, 0.717) is 12.6 Å². The lowest BCUT2D eigenvalue weighted by Crippen LogP contribution is -2.36. The van der Waals surface area contributed by atoms with Gasteiger partial charge in [0, 0.05) is 30.0 Å². The highest BCUT2D eigenvalue weighted by Crippen LogP contribution is 2.26. The molecule has 1 aromatic heterocycles. The summed E-state index contributed by atoms with van der Waals surface area (Å²) in [5.41, 5.74) is 9.34. The molecule has 0 bridgehead atoms. The summed E-state index contributed by atoms with van der Waals surface area (Å²) >= 11 is 1.72. The van der Waals surface area contributed by atoms with Crippen LogP contribution in [0.5, 0.6) is 0 Å². The highest BCUT2D eigenvalue weighted by Gasteiger charge is 2.18. The van der Waals surface area contributed by atoms with Crippen LogP contribution in [-0.2, 0) is 13.0 Å². The molecule has 2 heterocycles. The SMILES string of the molecule is CC1CCCCN1Cc1cccc(-c2nc(CCN)cs2)c1. The van der Waals surface area contributed by atoms with E-state index in [0.717, 1.165) is 23.7 Å². The molecule has 0 aliphatic carbocycles. The van der Waals surface area contributed by atoms with Crippen LogP contribution in [0.1, 0.15) is 37.4 Å². The second kappa shape index (κ2) is 7.36. The Bertz CT molecular complexity index is 608. The van der Waals surface area contributed by atoms with Gasteiger partial charge >= 0.3 is 0 Å². The van der Waals surface area contributed by atoms with E-state index in [4.69, 9.17) is 10.7 Å². The summed E-state index contributed by atoms with van der Waals surface area (Å²) in [6.07, 6.45) is 4.90. The van der Waals surface area contributed by atoms with E-state index < -0.39 is 0 Å². The third kappa shape index (κ3) is 3.75. The Morgan fingerprint density at radius 1 is 1.36 bits per heavy atom. The number of hydrogen-bond donors (Lipinski definition) is 1. The van der Waals surface area contributed by atoms with Gasteiger partial charge in [-0.3, -0.25) is 4.90 Å². The zero-order chi connectivity index (χ0) is 15.4. The van der Waals surface area contributed by atoms with Gasteiger partial charge in [-0.15, -0.1) is 11.3 Å². The number of piperidine rings is 1. The smallest absolute Gasteiger partial charge is 0.123 e. The Balaban J connectivity index is 1.74. The molecule has 1 aromatic carbocycles. The number of nitrogens with zero attached hydrogens (tertiary/aromatic N) is 2. The lowest BCUT2D eigenvalue weighted by atomic mass is 10.0. The van der Waals surface area contributed by atoms with Crippen molar-refractivity contribution >= 4 is 11.3 Å². The zero-order valence-corrected chi connectivity index (χ0v) is 14.1. The predicted octanol–water partition coefficient (Wildman–Crippen LogP) is 3.69. The highest BCUT2D eigenvalue weighted by molar-refractivity contribution is 7.13. The molecule has 2 N–H and O–H groups in total. The van der Waals surface area contributed by atoms with Crippen molar-refractivity contribution in [3.8, 4) is 10.6 Å². The summed E-state index contributed by atoms with van der Waals surface area (Å²) in [4.78, 5) is 7.30. The minimum absolute atomic E-state index is 0.663. The number of benzene rings is 1. The number of thiazole rings is 1. The first-order valence-electron chi connectivity index (χ1n) is 8.24. The Hall–Kier alpha value is -1.23. The van der Waals surface area contributed by atoms with Crippen molar-refractivity contribution in [2.24, 2.45) is 5.73 Å². The minimum Gasteiger partial charge on any atom is -0.330 e. The number of nitrogens with two attached hydrogens (primary N) is 1. The summed E-state index contributed by atoms with van der Waals surface area (Å²) in [5.74, 6) is 0. The molecule has 0 spiro atoms. The maximum absolute atomic E-state index is 5.61. The van der Waals surface area contributed by atoms with E-state index in [1.54, 1.807) is 11.3 Å². The van der Waals surface area contributed by atoms with Crippen LogP contribution in [0.3, 0.4) is 0 Å². The van der Waals surface area contributed by atoms with Gasteiger partial charge in [0.1, 0.15) is 5.01 Å². The summed E-state index contributed by atoms with van der Waals surface area (Å²) in [6.45, 7) is 5.29. The molecule has 1 saturated heterocycles. The molecule has 1 atom stereocenters. The second-order valence-corrected chi connectivity index (χ2v) is 7.06. The average Bonchev–Trinajstić information content (AvgIpc) is 2.99. The molecule has 118 valence electrons. The van der Waals surface area contributed by atoms with Crippen LogP contribution in [0.4, 0.5) is 0 Å². The van der Waals surface area contributed by atoms with Crippen molar-refractivity contribution in [2.45, 2.75) is 45.2 Å². The summed E-state index contributed by atoms with van der Waals surface area (Å²) in [5, 5.41) is 3.23. The third-order valence-corrected chi connectivity index (χ3v) is 5.39. The van der Waals surface area contributed by atoms with Crippen LogP contribution >= 0.6 is 11.3 Å². The Morgan fingerprint density at radius 2 is 2.27 bits per heavy atom. The van der Waals surface area contributed by atoms with Gasteiger partial charge in [0.25, 0.3) is 0 Å². The van der Waals surface area contributed by atoms with Crippen molar-refractivity contribution in [3.05, 3.63) is 40.9 Å². The molecule has 0 amide bonds. The normalized spacial score (nSPS) is 19.5. The minimum atomic E-state index is 0.663. The standard InChI is InChI=1S/C18H25N3S/c1-14-5-2-3-10-21(14)12-15-6-4-7-16(11-15)18-20-17(8-9-19)13-22-18/h4,6-7,11,13-14H,2-3,5,8-10,12,19H2,1H3. The topological polar surface area (TPSA) is 42.2 Å². The van der Waals surface area contributed by atoms with Crippen molar-refractivity contribution < 1.29 is 0 Å². The van der Waals surface area contributed by atoms with Gasteiger partial charge in [-0.25, -0.2) is 4.98 Å². The van der Waals surface area contributed by atoms with Gasteiger partial charge in [-0.05, 0) is 44.5 Å². The lowest BCUT2D eigenvalue weighted by Gasteiger charge is -2.33. The Labute approximate surface area is 137 Å². The van der Waals surface area contributed by atoms with E-state index in [9.17, 15) is 0 Å². The monoisotopic (exact) mass is 315 g/mol. The lowest BCUT2D eigenvalue weighted by molar-refractivity contribution is 0.152. The quantitative estimate of drug-likeness (QED) is 0.915. The van der Waals surface area contributed by atoms with E-state index in [1.165, 1.54) is 36.9 Å². The maximum atomic E-state index is 5.61. The van der Waals surface area contributed by atoms with Crippen LogP contribution in [0, 0.1) is 0 Å². The Morgan fingerprint density at radius 3 is 3.09 bits per heavy atom. The summed E-state index contributed by atoms with van der Waals surface area (Å²) in [6, 6.07) is 9.55. The summed E-state index contributed by atoms with van der Waals surface area (Å²) in [7, 11) is 0. The molecule has 1 fully saturated rings. The van der Waals surface area contributed by atoms with Gasteiger partial charge in [-0.1, -0.05) is 24.6 Å². The molecule has 1 unspecified atom stereocenters. The number of rotatable bonds is 5. The zero-order valence-electron chi connectivity index (χ0n) is 13.3. The molecule has 1 aliphatic heterocycles. The fourth-order valence-corrected chi connectivity index (χ4v) is 3.98. The molecule has 22 heavy (non-hydrogen) atoms. The summed E-state index contributed by atoms with van der Waals surface area (Å²) < 4.78 is 0. The van der Waals surface area contributed by atoms with Crippen LogP contribution in [0.2, 0.25) is 0 Å². The van der Waals surface area contributed by atoms with Crippen LogP contribution in [0.15, 0.2) is 29.6 Å². The van der Waals surface area contributed by atoms with Crippen LogP contribution in [-0.4, -0.2) is 29.0 Å². The first kappa shape index (κ1) is 15.7. The molecule has 0 saturated carbocycles. The Kier molecular flexibility index (Phi) is 5.24. The second-order valence-electron chi connectivity index (χ2n) is 6.20. The van der Waals surface area contributed by atoms with Crippen molar-refractivity contribution in [3.63, 3.8) is 0 Å². The predicted molar refractivity (Wildman–Crippen MR) is 94.0 cm³/mol. The van der Waals surface area contributed by atoms with E-state index >= 15 is 0 Å². The van der Waals surface area contributed by atoms with Gasteiger partial charge in [-0.2, -0.15) is 0 Å². The van der Waals surface area contributed by atoms with Crippen molar-refractivity contribution in [1.82, 2.24) is 9.88 Å². The van der Waals surface area contributed by atoms with Gasteiger partial charge in [0.15, 0.2) is 0 Å². The highest BCUT2D eigenvalue weighted by atomic mass is 32.1. The molecule has 0 radical (unpaired) electrons. The average molecular weight is 315 g/mol. The van der Waals surface area contributed by atoms with E-state index in [1.807, 2.05) is 0 Å². The van der Waals surface area contributed by atoms with Gasteiger partial charge in [0.2, 0.25) is 0 Å². The van der Waals surface area contributed by atoms with Gasteiger partial charge in [0.05, 0.1) is 5.69 Å². The molecule has 1 aliphatic rings. The fraction of sp³-hybridized carbons (Fsp3) is 0.500. The molecular formula is C18H25N3S. The molecule has 3 rings (SSSR count).